The highest BCUT2D eigenvalue weighted by Crippen LogP contribution is 2.14. The normalized spacial score (nSPS) is 10.4. The largest absolute Gasteiger partial charge is 0.481 e. The molecule has 0 amide bonds. The van der Waals surface area contributed by atoms with Gasteiger partial charge in [-0.25, -0.2) is 4.98 Å². The molecule has 16 heavy (non-hydrogen) atoms. The van der Waals surface area contributed by atoms with Crippen LogP contribution in [0.5, 0.6) is 5.88 Å². The first-order valence-electron chi connectivity index (χ1n) is 5.32. The van der Waals surface area contributed by atoms with Crippen molar-refractivity contribution in [2.24, 2.45) is 0 Å². The molecule has 0 aliphatic heterocycles. The van der Waals surface area contributed by atoms with Gasteiger partial charge in [0.25, 0.3) is 0 Å². The number of ether oxygens (including phenoxy) is 1. The Morgan fingerprint density at radius 2 is 1.88 bits per heavy atom. The van der Waals surface area contributed by atoms with Crippen LogP contribution in [-0.2, 0) is 6.54 Å². The van der Waals surface area contributed by atoms with Gasteiger partial charge < -0.3 is 9.30 Å². The first kappa shape index (κ1) is 10.7. The third kappa shape index (κ3) is 2.08. The molecule has 0 atom stereocenters. The minimum atomic E-state index is 0.667. The van der Waals surface area contributed by atoms with E-state index in [1.807, 2.05) is 12.1 Å². The van der Waals surface area contributed by atoms with Crippen LogP contribution in [0.1, 0.15) is 17.0 Å². The quantitative estimate of drug-likeness (QED) is 0.788. The molecule has 3 heteroatoms. The summed E-state index contributed by atoms with van der Waals surface area (Å²) in [4.78, 5) is 4.10. The van der Waals surface area contributed by atoms with Crippen LogP contribution in [0.25, 0.3) is 0 Å². The van der Waals surface area contributed by atoms with Gasteiger partial charge in [-0.05, 0) is 37.6 Å². The van der Waals surface area contributed by atoms with Crippen molar-refractivity contribution in [3.8, 4) is 5.88 Å². The van der Waals surface area contributed by atoms with Gasteiger partial charge >= 0.3 is 0 Å². The third-order valence-electron chi connectivity index (χ3n) is 2.77. The fourth-order valence-corrected chi connectivity index (χ4v) is 1.79. The molecule has 0 radical (unpaired) electrons. The molecule has 2 aromatic heterocycles. The van der Waals surface area contributed by atoms with E-state index in [1.165, 1.54) is 17.0 Å². The van der Waals surface area contributed by atoms with Gasteiger partial charge in [0.1, 0.15) is 0 Å². The minimum Gasteiger partial charge on any atom is -0.481 e. The Balaban J connectivity index is 2.27. The minimum absolute atomic E-state index is 0.667. The molecule has 0 saturated heterocycles. The highest BCUT2D eigenvalue weighted by atomic mass is 16.5. The van der Waals surface area contributed by atoms with Gasteiger partial charge in [0, 0.05) is 30.2 Å². The molecular formula is C13H16N2O. The highest BCUT2D eigenvalue weighted by Gasteiger charge is 2.03. The van der Waals surface area contributed by atoms with E-state index in [1.54, 1.807) is 13.3 Å². The topological polar surface area (TPSA) is 27.1 Å². The second-order valence-corrected chi connectivity index (χ2v) is 3.91. The lowest BCUT2D eigenvalue weighted by Crippen LogP contribution is -2.03. The van der Waals surface area contributed by atoms with Crippen LogP contribution in [0.2, 0.25) is 0 Å². The Morgan fingerprint density at radius 3 is 2.50 bits per heavy atom. The van der Waals surface area contributed by atoms with E-state index < -0.39 is 0 Å². The number of pyridine rings is 1. The van der Waals surface area contributed by atoms with Crippen LogP contribution in [0.15, 0.2) is 30.5 Å². The van der Waals surface area contributed by atoms with Gasteiger partial charge in [0.05, 0.1) is 7.11 Å². The van der Waals surface area contributed by atoms with Crippen LogP contribution in [0, 0.1) is 13.8 Å². The summed E-state index contributed by atoms with van der Waals surface area (Å²) in [5, 5.41) is 0. The molecule has 0 unspecified atom stereocenters. The summed E-state index contributed by atoms with van der Waals surface area (Å²) >= 11 is 0. The van der Waals surface area contributed by atoms with E-state index in [9.17, 15) is 0 Å². The number of nitrogens with zero attached hydrogens (tertiary/aromatic N) is 2. The van der Waals surface area contributed by atoms with Crippen LogP contribution in [0.3, 0.4) is 0 Å². The van der Waals surface area contributed by atoms with Gasteiger partial charge in [0.15, 0.2) is 0 Å². The summed E-state index contributed by atoms with van der Waals surface area (Å²) in [5.41, 5.74) is 3.75. The molecule has 2 heterocycles. The number of hydrogen-bond acceptors (Lipinski definition) is 2. The van der Waals surface area contributed by atoms with Crippen LogP contribution >= 0.6 is 0 Å². The molecule has 2 aromatic rings. The fourth-order valence-electron chi connectivity index (χ4n) is 1.79. The zero-order valence-corrected chi connectivity index (χ0v) is 9.90. The standard InChI is InChI=1S/C13H16N2O/c1-10-4-5-11(2)15(10)9-12-6-7-14-13(8-12)16-3/h4-8H,9H2,1-3H3. The van der Waals surface area contributed by atoms with Crippen molar-refractivity contribution in [3.05, 3.63) is 47.4 Å². The maximum atomic E-state index is 5.11. The van der Waals surface area contributed by atoms with E-state index in [2.05, 4.69) is 35.5 Å². The molecule has 0 N–H and O–H groups in total. The molecule has 2 rings (SSSR count). The number of aromatic nitrogens is 2. The van der Waals surface area contributed by atoms with E-state index >= 15 is 0 Å². The van der Waals surface area contributed by atoms with E-state index in [-0.39, 0.29) is 0 Å². The Bertz CT molecular complexity index is 469. The van der Waals surface area contributed by atoms with Gasteiger partial charge in [-0.15, -0.1) is 0 Å². The lowest BCUT2D eigenvalue weighted by Gasteiger charge is -2.09. The van der Waals surface area contributed by atoms with Crippen molar-refractivity contribution < 1.29 is 4.74 Å². The Labute approximate surface area is 95.7 Å². The number of aryl methyl sites for hydroxylation is 2. The van der Waals surface area contributed by atoms with Crippen LogP contribution in [-0.4, -0.2) is 16.7 Å². The monoisotopic (exact) mass is 216 g/mol. The average molecular weight is 216 g/mol. The summed E-state index contributed by atoms with van der Waals surface area (Å²) in [7, 11) is 1.64. The second-order valence-electron chi connectivity index (χ2n) is 3.91. The van der Waals surface area contributed by atoms with E-state index in [0.717, 1.165) is 6.54 Å². The predicted molar refractivity (Wildman–Crippen MR) is 63.8 cm³/mol. The predicted octanol–water partition coefficient (Wildman–Crippen LogP) is 2.56. The number of hydrogen-bond donors (Lipinski definition) is 0. The molecule has 0 bridgehead atoms. The molecule has 0 aromatic carbocycles. The van der Waals surface area contributed by atoms with Crippen molar-refractivity contribution in [2.45, 2.75) is 20.4 Å². The zero-order chi connectivity index (χ0) is 11.5. The fraction of sp³-hybridized carbons (Fsp3) is 0.308. The Hall–Kier alpha value is -1.77. The number of methoxy groups -OCH3 is 1. The summed E-state index contributed by atoms with van der Waals surface area (Å²) in [5.74, 6) is 0.667. The molecule has 0 spiro atoms. The van der Waals surface area contributed by atoms with Crippen molar-refractivity contribution in [1.82, 2.24) is 9.55 Å². The number of rotatable bonds is 3. The van der Waals surface area contributed by atoms with Crippen molar-refractivity contribution in [2.75, 3.05) is 7.11 Å². The molecule has 0 fully saturated rings. The van der Waals surface area contributed by atoms with Crippen molar-refractivity contribution in [1.29, 1.82) is 0 Å². The highest BCUT2D eigenvalue weighted by molar-refractivity contribution is 5.23. The molecule has 3 nitrogen and oxygen atoms in total. The Kier molecular flexibility index (Phi) is 2.95. The van der Waals surface area contributed by atoms with Crippen molar-refractivity contribution >= 4 is 0 Å². The Morgan fingerprint density at radius 1 is 1.19 bits per heavy atom. The molecular weight excluding hydrogens is 200 g/mol. The van der Waals surface area contributed by atoms with Crippen LogP contribution in [0.4, 0.5) is 0 Å². The lowest BCUT2D eigenvalue weighted by molar-refractivity contribution is 0.397. The lowest BCUT2D eigenvalue weighted by atomic mass is 10.2. The maximum Gasteiger partial charge on any atom is 0.213 e. The second kappa shape index (κ2) is 4.39. The summed E-state index contributed by atoms with van der Waals surface area (Å²) in [6.07, 6.45) is 1.78. The summed E-state index contributed by atoms with van der Waals surface area (Å²) < 4.78 is 7.39. The first-order valence-corrected chi connectivity index (χ1v) is 5.32. The van der Waals surface area contributed by atoms with Crippen LogP contribution < -0.4 is 4.74 Å². The van der Waals surface area contributed by atoms with Gasteiger partial charge in [-0.3, -0.25) is 0 Å². The van der Waals surface area contributed by atoms with Gasteiger partial charge in [0.2, 0.25) is 5.88 Å². The maximum absolute atomic E-state index is 5.11. The summed E-state index contributed by atoms with van der Waals surface area (Å²) in [6, 6.07) is 8.25. The van der Waals surface area contributed by atoms with E-state index in [0.29, 0.717) is 5.88 Å². The molecule has 84 valence electrons. The SMILES string of the molecule is COc1cc(Cn2c(C)ccc2C)ccn1. The molecule has 0 aliphatic carbocycles. The van der Waals surface area contributed by atoms with Gasteiger partial charge in [-0.1, -0.05) is 0 Å². The average Bonchev–Trinajstić information content (AvgIpc) is 2.61. The summed E-state index contributed by atoms with van der Waals surface area (Å²) in [6.45, 7) is 5.10. The first-order chi connectivity index (χ1) is 7.70. The third-order valence-corrected chi connectivity index (χ3v) is 2.77. The molecule has 0 saturated carbocycles. The molecule has 0 aliphatic rings. The smallest absolute Gasteiger partial charge is 0.213 e. The van der Waals surface area contributed by atoms with Gasteiger partial charge in [-0.2, -0.15) is 0 Å². The zero-order valence-electron chi connectivity index (χ0n) is 9.90. The van der Waals surface area contributed by atoms with E-state index in [4.69, 9.17) is 4.74 Å². The van der Waals surface area contributed by atoms with Crippen molar-refractivity contribution in [3.63, 3.8) is 0 Å².